The van der Waals surface area contributed by atoms with Gasteiger partial charge in [0.05, 0.1) is 0 Å². The van der Waals surface area contributed by atoms with Crippen molar-refractivity contribution in [3.05, 3.63) is 32.7 Å². The van der Waals surface area contributed by atoms with E-state index in [9.17, 15) is 0 Å². The molecule has 0 aliphatic carbocycles. The number of hydrogen-bond donors (Lipinski definition) is 1. The summed E-state index contributed by atoms with van der Waals surface area (Å²) in [6.45, 7) is 12.5. The highest BCUT2D eigenvalue weighted by atomic mass is 79.9. The summed E-state index contributed by atoms with van der Waals surface area (Å²) < 4.78 is 2.27. The van der Waals surface area contributed by atoms with Gasteiger partial charge in [0.2, 0.25) is 0 Å². The van der Waals surface area contributed by atoms with E-state index in [2.05, 4.69) is 90.0 Å². The number of benzene rings is 1. The van der Waals surface area contributed by atoms with Crippen LogP contribution >= 0.6 is 31.9 Å². The lowest BCUT2D eigenvalue weighted by atomic mass is 9.85. The van der Waals surface area contributed by atoms with Crippen molar-refractivity contribution in [2.24, 2.45) is 17.8 Å². The van der Waals surface area contributed by atoms with Crippen molar-refractivity contribution in [1.82, 2.24) is 5.32 Å². The molecule has 1 atom stereocenters. The van der Waals surface area contributed by atoms with Crippen molar-refractivity contribution in [2.75, 3.05) is 6.54 Å². The molecular formula is C16H25Br2N. The molecule has 0 aromatic heterocycles. The van der Waals surface area contributed by atoms with Crippen LogP contribution in [0.1, 0.15) is 46.2 Å². The van der Waals surface area contributed by atoms with E-state index in [1.165, 1.54) is 5.56 Å². The molecule has 108 valence electrons. The minimum Gasteiger partial charge on any atom is -0.310 e. The van der Waals surface area contributed by atoms with Gasteiger partial charge in [-0.25, -0.2) is 0 Å². The van der Waals surface area contributed by atoms with Crippen LogP contribution in [0.15, 0.2) is 27.1 Å². The number of rotatable bonds is 6. The van der Waals surface area contributed by atoms with E-state index in [0.717, 1.165) is 21.4 Å². The molecule has 0 radical (unpaired) electrons. The van der Waals surface area contributed by atoms with Gasteiger partial charge >= 0.3 is 0 Å². The molecule has 0 bridgehead atoms. The van der Waals surface area contributed by atoms with Crippen LogP contribution in [0.2, 0.25) is 0 Å². The summed E-state index contributed by atoms with van der Waals surface area (Å²) in [5.41, 5.74) is 1.31. The lowest BCUT2D eigenvalue weighted by Gasteiger charge is -2.27. The van der Waals surface area contributed by atoms with Crippen molar-refractivity contribution in [3.8, 4) is 0 Å². The van der Waals surface area contributed by atoms with Gasteiger partial charge < -0.3 is 5.32 Å². The van der Waals surface area contributed by atoms with Crippen molar-refractivity contribution in [1.29, 1.82) is 0 Å². The Labute approximate surface area is 134 Å². The van der Waals surface area contributed by atoms with Gasteiger partial charge in [-0.05, 0) is 48.9 Å². The Kier molecular flexibility index (Phi) is 7.06. The van der Waals surface area contributed by atoms with Gasteiger partial charge in [0.1, 0.15) is 0 Å². The van der Waals surface area contributed by atoms with E-state index in [1.807, 2.05) is 0 Å². The smallest absolute Gasteiger partial charge is 0.0303 e. The van der Waals surface area contributed by atoms with Crippen LogP contribution in [0.3, 0.4) is 0 Å². The number of nitrogens with one attached hydrogen (secondary N) is 1. The maximum absolute atomic E-state index is 3.68. The van der Waals surface area contributed by atoms with E-state index in [1.54, 1.807) is 0 Å². The molecule has 19 heavy (non-hydrogen) atoms. The standard InChI is InChI=1S/C16H25Br2N/c1-10(2)15(11(3)4)9-19-12(5)14-7-6-13(17)8-16(14)18/h6-8,10-12,15,19H,9H2,1-5H3. The van der Waals surface area contributed by atoms with Crippen LogP contribution in [0.4, 0.5) is 0 Å². The monoisotopic (exact) mass is 389 g/mol. The minimum atomic E-state index is 0.363. The number of hydrogen-bond acceptors (Lipinski definition) is 1. The molecule has 0 spiro atoms. The second kappa shape index (κ2) is 7.80. The Morgan fingerprint density at radius 2 is 1.58 bits per heavy atom. The topological polar surface area (TPSA) is 12.0 Å². The highest BCUT2D eigenvalue weighted by Crippen LogP contribution is 2.27. The van der Waals surface area contributed by atoms with Crippen molar-refractivity contribution in [3.63, 3.8) is 0 Å². The zero-order chi connectivity index (χ0) is 14.6. The maximum atomic E-state index is 3.68. The molecule has 0 saturated carbocycles. The van der Waals surface area contributed by atoms with E-state index in [0.29, 0.717) is 17.9 Å². The second-order valence-corrected chi connectivity index (χ2v) is 7.72. The van der Waals surface area contributed by atoms with E-state index >= 15 is 0 Å². The van der Waals surface area contributed by atoms with Crippen LogP contribution in [-0.2, 0) is 0 Å². The molecule has 3 heteroatoms. The van der Waals surface area contributed by atoms with Crippen molar-refractivity contribution in [2.45, 2.75) is 40.7 Å². The predicted octanol–water partition coefficient (Wildman–Crippen LogP) is 5.79. The molecular weight excluding hydrogens is 366 g/mol. The molecule has 0 aliphatic rings. The van der Waals surface area contributed by atoms with Gasteiger partial charge in [0.25, 0.3) is 0 Å². The molecule has 0 saturated heterocycles. The lowest BCUT2D eigenvalue weighted by molar-refractivity contribution is 0.268. The lowest BCUT2D eigenvalue weighted by Crippen LogP contribution is -2.31. The SMILES string of the molecule is CC(NCC(C(C)C)C(C)C)c1ccc(Br)cc1Br. The fourth-order valence-corrected chi connectivity index (χ4v) is 3.91. The first-order valence-corrected chi connectivity index (χ1v) is 8.59. The van der Waals surface area contributed by atoms with Crippen LogP contribution < -0.4 is 5.32 Å². The highest BCUT2D eigenvalue weighted by molar-refractivity contribution is 9.11. The molecule has 1 unspecified atom stereocenters. The van der Waals surface area contributed by atoms with Gasteiger partial charge in [0.15, 0.2) is 0 Å². The normalized spacial score (nSPS) is 13.6. The summed E-state index contributed by atoms with van der Waals surface area (Å²) in [7, 11) is 0. The van der Waals surface area contributed by atoms with Gasteiger partial charge in [-0.1, -0.05) is 65.6 Å². The fourth-order valence-electron chi connectivity index (χ4n) is 2.52. The van der Waals surface area contributed by atoms with Gasteiger partial charge in [-0.3, -0.25) is 0 Å². The molecule has 1 aromatic carbocycles. The summed E-state index contributed by atoms with van der Waals surface area (Å²) in [6.07, 6.45) is 0. The molecule has 0 fully saturated rings. The van der Waals surface area contributed by atoms with Gasteiger partial charge in [-0.15, -0.1) is 0 Å². The zero-order valence-electron chi connectivity index (χ0n) is 12.5. The third kappa shape index (κ3) is 5.20. The molecule has 1 nitrogen and oxygen atoms in total. The van der Waals surface area contributed by atoms with E-state index in [4.69, 9.17) is 0 Å². The average molecular weight is 391 g/mol. The van der Waals surface area contributed by atoms with Gasteiger partial charge in [0, 0.05) is 15.0 Å². The fraction of sp³-hybridized carbons (Fsp3) is 0.625. The van der Waals surface area contributed by atoms with Gasteiger partial charge in [-0.2, -0.15) is 0 Å². The zero-order valence-corrected chi connectivity index (χ0v) is 15.7. The minimum absolute atomic E-state index is 0.363. The average Bonchev–Trinajstić information content (AvgIpc) is 2.27. The van der Waals surface area contributed by atoms with E-state index in [-0.39, 0.29) is 0 Å². The Bertz CT molecular complexity index is 394. The highest BCUT2D eigenvalue weighted by Gasteiger charge is 2.18. The third-order valence-electron chi connectivity index (χ3n) is 3.80. The Balaban J connectivity index is 2.66. The van der Waals surface area contributed by atoms with Crippen LogP contribution in [-0.4, -0.2) is 6.54 Å². The molecule has 0 amide bonds. The molecule has 1 rings (SSSR count). The Morgan fingerprint density at radius 3 is 2.05 bits per heavy atom. The van der Waals surface area contributed by atoms with Crippen LogP contribution in [0, 0.1) is 17.8 Å². The maximum Gasteiger partial charge on any atom is 0.0303 e. The first-order chi connectivity index (χ1) is 8.82. The Morgan fingerprint density at radius 1 is 1.00 bits per heavy atom. The van der Waals surface area contributed by atoms with Crippen LogP contribution in [0.25, 0.3) is 0 Å². The molecule has 1 N–H and O–H groups in total. The first-order valence-electron chi connectivity index (χ1n) is 7.01. The number of halogens is 2. The van der Waals surface area contributed by atoms with Crippen LogP contribution in [0.5, 0.6) is 0 Å². The van der Waals surface area contributed by atoms with Crippen molar-refractivity contribution < 1.29 is 0 Å². The summed E-state index contributed by atoms with van der Waals surface area (Å²) in [5.74, 6) is 2.15. The summed E-state index contributed by atoms with van der Waals surface area (Å²) in [5, 5.41) is 3.68. The van der Waals surface area contributed by atoms with Crippen molar-refractivity contribution >= 4 is 31.9 Å². The summed E-state index contributed by atoms with van der Waals surface area (Å²) in [4.78, 5) is 0. The molecule has 0 aliphatic heterocycles. The second-order valence-electron chi connectivity index (χ2n) is 5.95. The third-order valence-corrected chi connectivity index (χ3v) is 4.98. The quantitative estimate of drug-likeness (QED) is 0.647. The largest absolute Gasteiger partial charge is 0.310 e. The molecule has 1 aromatic rings. The predicted molar refractivity (Wildman–Crippen MR) is 91.4 cm³/mol. The summed E-state index contributed by atoms with van der Waals surface area (Å²) in [6, 6.07) is 6.74. The summed E-state index contributed by atoms with van der Waals surface area (Å²) >= 11 is 7.14. The van der Waals surface area contributed by atoms with E-state index < -0.39 is 0 Å². The Hall–Kier alpha value is 0.140. The first kappa shape index (κ1) is 17.2. The molecule has 0 heterocycles.